The van der Waals surface area contributed by atoms with Crippen molar-refractivity contribution in [3.05, 3.63) is 12.4 Å². The van der Waals surface area contributed by atoms with Crippen molar-refractivity contribution < 1.29 is 0 Å². The SMILES string of the molecule is CNCCCN(C)c1nccn1C1CCCC1. The van der Waals surface area contributed by atoms with Gasteiger partial charge in [0, 0.05) is 32.0 Å². The summed E-state index contributed by atoms with van der Waals surface area (Å²) in [7, 11) is 4.14. The van der Waals surface area contributed by atoms with Crippen molar-refractivity contribution in [3.63, 3.8) is 0 Å². The van der Waals surface area contributed by atoms with Gasteiger partial charge in [-0.3, -0.25) is 0 Å². The van der Waals surface area contributed by atoms with E-state index in [2.05, 4.69) is 33.0 Å². The van der Waals surface area contributed by atoms with Gasteiger partial charge in [-0.25, -0.2) is 4.98 Å². The minimum atomic E-state index is 0.680. The van der Waals surface area contributed by atoms with Crippen LogP contribution in [0.5, 0.6) is 0 Å². The fourth-order valence-corrected chi connectivity index (χ4v) is 2.66. The molecule has 1 aliphatic carbocycles. The van der Waals surface area contributed by atoms with Gasteiger partial charge in [-0.2, -0.15) is 0 Å². The third-order valence-corrected chi connectivity index (χ3v) is 3.63. The zero-order valence-electron chi connectivity index (χ0n) is 11.0. The molecular weight excluding hydrogens is 212 g/mol. The summed E-state index contributed by atoms with van der Waals surface area (Å²) < 4.78 is 2.37. The number of hydrogen-bond acceptors (Lipinski definition) is 3. The van der Waals surface area contributed by atoms with Gasteiger partial charge < -0.3 is 14.8 Å². The Labute approximate surface area is 104 Å². The summed E-state index contributed by atoms with van der Waals surface area (Å²) in [5.74, 6) is 1.13. The summed E-state index contributed by atoms with van der Waals surface area (Å²) in [6.07, 6.45) is 10.6. The normalized spacial score (nSPS) is 16.6. The quantitative estimate of drug-likeness (QED) is 0.767. The summed E-state index contributed by atoms with van der Waals surface area (Å²) in [6, 6.07) is 0.680. The molecule has 1 aromatic heterocycles. The van der Waals surface area contributed by atoms with E-state index in [0.717, 1.165) is 25.5 Å². The van der Waals surface area contributed by atoms with Gasteiger partial charge in [0.25, 0.3) is 0 Å². The minimum absolute atomic E-state index is 0.680. The van der Waals surface area contributed by atoms with Gasteiger partial charge in [0.1, 0.15) is 0 Å². The second-order valence-corrected chi connectivity index (χ2v) is 4.95. The van der Waals surface area contributed by atoms with E-state index in [-0.39, 0.29) is 0 Å². The highest BCUT2D eigenvalue weighted by Crippen LogP contribution is 2.32. The number of aromatic nitrogens is 2. The van der Waals surface area contributed by atoms with E-state index >= 15 is 0 Å². The van der Waals surface area contributed by atoms with Gasteiger partial charge in [0.2, 0.25) is 5.95 Å². The average Bonchev–Trinajstić information content (AvgIpc) is 2.99. The number of hydrogen-bond donors (Lipinski definition) is 1. The van der Waals surface area contributed by atoms with Crippen molar-refractivity contribution in [1.82, 2.24) is 14.9 Å². The molecule has 0 saturated heterocycles. The van der Waals surface area contributed by atoms with Gasteiger partial charge in [0.15, 0.2) is 0 Å². The zero-order valence-corrected chi connectivity index (χ0v) is 11.0. The van der Waals surface area contributed by atoms with Crippen LogP contribution in [0.25, 0.3) is 0 Å². The lowest BCUT2D eigenvalue weighted by Gasteiger charge is -2.22. The molecule has 96 valence electrons. The van der Waals surface area contributed by atoms with Crippen LogP contribution in [0.3, 0.4) is 0 Å². The summed E-state index contributed by atoms with van der Waals surface area (Å²) in [4.78, 5) is 6.78. The molecule has 4 nitrogen and oxygen atoms in total. The first kappa shape index (κ1) is 12.4. The Balaban J connectivity index is 1.97. The van der Waals surface area contributed by atoms with E-state index in [1.807, 2.05) is 13.2 Å². The number of rotatable bonds is 6. The molecule has 0 amide bonds. The summed E-state index contributed by atoms with van der Waals surface area (Å²) >= 11 is 0. The summed E-state index contributed by atoms with van der Waals surface area (Å²) in [5, 5.41) is 3.18. The predicted molar refractivity (Wildman–Crippen MR) is 71.5 cm³/mol. The maximum atomic E-state index is 4.51. The van der Waals surface area contributed by atoms with Crippen LogP contribution in [0.2, 0.25) is 0 Å². The van der Waals surface area contributed by atoms with Crippen LogP contribution in [0.1, 0.15) is 38.1 Å². The second-order valence-electron chi connectivity index (χ2n) is 4.95. The smallest absolute Gasteiger partial charge is 0.205 e. The third kappa shape index (κ3) is 3.00. The van der Waals surface area contributed by atoms with Crippen molar-refractivity contribution in [2.75, 3.05) is 32.1 Å². The first-order chi connectivity index (χ1) is 8.33. The van der Waals surface area contributed by atoms with Gasteiger partial charge >= 0.3 is 0 Å². The standard InChI is InChI=1S/C13H24N4/c1-14-8-5-10-16(2)13-15-9-11-17(13)12-6-3-4-7-12/h9,11-12,14H,3-8,10H2,1-2H3. The second kappa shape index (κ2) is 6.05. The fraction of sp³-hybridized carbons (Fsp3) is 0.769. The maximum Gasteiger partial charge on any atom is 0.205 e. The highest BCUT2D eigenvalue weighted by Gasteiger charge is 2.20. The van der Waals surface area contributed by atoms with Crippen molar-refractivity contribution in [3.8, 4) is 0 Å². The van der Waals surface area contributed by atoms with Crippen LogP contribution in [0.4, 0.5) is 5.95 Å². The molecule has 1 saturated carbocycles. The highest BCUT2D eigenvalue weighted by molar-refractivity contribution is 5.30. The van der Waals surface area contributed by atoms with Crippen LogP contribution < -0.4 is 10.2 Å². The molecule has 2 rings (SSSR count). The average molecular weight is 236 g/mol. The van der Waals surface area contributed by atoms with Gasteiger partial charge in [-0.05, 0) is 32.9 Å². The molecule has 1 fully saturated rings. The number of nitrogens with one attached hydrogen (secondary N) is 1. The largest absolute Gasteiger partial charge is 0.345 e. The molecule has 4 heteroatoms. The lowest BCUT2D eigenvalue weighted by atomic mass is 10.2. The topological polar surface area (TPSA) is 33.1 Å². The maximum absolute atomic E-state index is 4.51. The molecule has 1 aromatic rings. The van der Waals surface area contributed by atoms with Crippen molar-refractivity contribution in [2.45, 2.75) is 38.1 Å². The summed E-state index contributed by atoms with van der Waals surface area (Å²) in [5.41, 5.74) is 0. The Bertz CT molecular complexity index is 328. The Kier molecular flexibility index (Phi) is 4.42. The predicted octanol–water partition coefficient (Wildman–Crippen LogP) is 2.04. The van der Waals surface area contributed by atoms with E-state index in [4.69, 9.17) is 0 Å². The molecule has 0 aliphatic heterocycles. The third-order valence-electron chi connectivity index (χ3n) is 3.63. The molecular formula is C13H24N4. The first-order valence-corrected chi connectivity index (χ1v) is 6.71. The first-order valence-electron chi connectivity index (χ1n) is 6.71. The highest BCUT2D eigenvalue weighted by atomic mass is 15.3. The van der Waals surface area contributed by atoms with Crippen LogP contribution in [-0.4, -0.2) is 36.7 Å². The van der Waals surface area contributed by atoms with Gasteiger partial charge in [-0.1, -0.05) is 12.8 Å². The summed E-state index contributed by atoms with van der Waals surface area (Å²) in [6.45, 7) is 2.12. The van der Waals surface area contributed by atoms with Gasteiger partial charge in [-0.15, -0.1) is 0 Å². The minimum Gasteiger partial charge on any atom is -0.345 e. The lowest BCUT2D eigenvalue weighted by Crippen LogP contribution is -2.25. The van der Waals surface area contributed by atoms with E-state index in [1.165, 1.54) is 25.7 Å². The Morgan fingerprint density at radius 1 is 1.47 bits per heavy atom. The van der Waals surface area contributed by atoms with Crippen molar-refractivity contribution in [2.24, 2.45) is 0 Å². The Hall–Kier alpha value is -1.03. The van der Waals surface area contributed by atoms with E-state index in [9.17, 15) is 0 Å². The molecule has 1 aliphatic rings. The molecule has 0 spiro atoms. The van der Waals surface area contributed by atoms with Gasteiger partial charge in [0.05, 0.1) is 0 Å². The molecule has 0 unspecified atom stereocenters. The molecule has 17 heavy (non-hydrogen) atoms. The number of nitrogens with zero attached hydrogens (tertiary/aromatic N) is 3. The van der Waals surface area contributed by atoms with Crippen LogP contribution in [-0.2, 0) is 0 Å². The van der Waals surface area contributed by atoms with Crippen LogP contribution in [0, 0.1) is 0 Å². The Morgan fingerprint density at radius 2 is 2.24 bits per heavy atom. The molecule has 0 bridgehead atoms. The van der Waals surface area contributed by atoms with E-state index < -0.39 is 0 Å². The van der Waals surface area contributed by atoms with E-state index in [1.54, 1.807) is 0 Å². The fourth-order valence-electron chi connectivity index (χ4n) is 2.66. The van der Waals surface area contributed by atoms with Crippen LogP contribution in [0.15, 0.2) is 12.4 Å². The monoisotopic (exact) mass is 236 g/mol. The van der Waals surface area contributed by atoms with Crippen molar-refractivity contribution >= 4 is 5.95 Å². The molecule has 0 aromatic carbocycles. The van der Waals surface area contributed by atoms with Crippen molar-refractivity contribution in [1.29, 1.82) is 0 Å². The number of anilines is 1. The Morgan fingerprint density at radius 3 is 2.94 bits per heavy atom. The molecule has 0 radical (unpaired) electrons. The lowest BCUT2D eigenvalue weighted by molar-refractivity contribution is 0.514. The van der Waals surface area contributed by atoms with Crippen LogP contribution >= 0.6 is 0 Å². The van der Waals surface area contributed by atoms with E-state index in [0.29, 0.717) is 6.04 Å². The molecule has 0 atom stereocenters. The molecule has 1 heterocycles. The molecule has 1 N–H and O–H groups in total. The zero-order chi connectivity index (χ0) is 12.1. The number of imidazole rings is 1.